The maximum atomic E-state index is 14.1. The van der Waals surface area contributed by atoms with Gasteiger partial charge in [-0.15, -0.1) is 0 Å². The Hall–Kier alpha value is -3.93. The van der Waals surface area contributed by atoms with Crippen molar-refractivity contribution in [1.82, 2.24) is 24.8 Å². The van der Waals surface area contributed by atoms with Crippen molar-refractivity contribution in [2.24, 2.45) is 0 Å². The topological polar surface area (TPSA) is 91.8 Å². The summed E-state index contributed by atoms with van der Waals surface area (Å²) in [4.78, 5) is 29.5. The van der Waals surface area contributed by atoms with E-state index in [1.807, 2.05) is 0 Å². The van der Waals surface area contributed by atoms with E-state index in [9.17, 15) is 26.6 Å². The van der Waals surface area contributed by atoms with Crippen LogP contribution >= 0.6 is 0 Å². The molecule has 0 bridgehead atoms. The van der Waals surface area contributed by atoms with Crippen LogP contribution in [0.5, 0.6) is 0 Å². The van der Waals surface area contributed by atoms with Gasteiger partial charge in [0, 0.05) is 30.6 Å². The number of carbonyl (C=O) groups is 1. The Morgan fingerprint density at radius 3 is 2.43 bits per heavy atom. The third-order valence-corrected chi connectivity index (χ3v) is 6.18. The third kappa shape index (κ3) is 5.27. The monoisotopic (exact) mass is 503 g/mol. The van der Waals surface area contributed by atoms with Crippen molar-refractivity contribution in [3.63, 3.8) is 0 Å². The van der Waals surface area contributed by atoms with Gasteiger partial charge in [-0.3, -0.25) is 19.0 Å². The number of rotatable bonds is 7. The lowest BCUT2D eigenvalue weighted by Crippen LogP contribution is -2.27. The number of aromatic amines is 1. The quantitative estimate of drug-likeness (QED) is 0.304. The lowest BCUT2D eigenvalue weighted by Gasteiger charge is -2.16. The van der Waals surface area contributed by atoms with Gasteiger partial charge in [0.1, 0.15) is 23.0 Å². The molecule has 0 fully saturated rings. The summed E-state index contributed by atoms with van der Waals surface area (Å²) >= 11 is 0. The highest BCUT2D eigenvalue weighted by atomic mass is 32.2. The first kappa shape index (κ1) is 24.2. The Morgan fingerprint density at radius 1 is 1.03 bits per heavy atom. The van der Waals surface area contributed by atoms with Gasteiger partial charge in [-0.25, -0.2) is 22.5 Å². The SMILES string of the molecule is CN(Cc1cnccn1)C(=O)c1[nH]c(S(=O)Cc2c(F)ccc(F)c2F)nc1-c1ccc(F)cc1. The molecule has 1 atom stereocenters. The molecule has 7 nitrogen and oxygen atoms in total. The molecule has 0 radical (unpaired) electrons. The van der Waals surface area contributed by atoms with Crippen LogP contribution < -0.4 is 0 Å². The second kappa shape index (κ2) is 10.1. The molecule has 1 unspecified atom stereocenters. The lowest BCUT2D eigenvalue weighted by atomic mass is 10.1. The summed E-state index contributed by atoms with van der Waals surface area (Å²) in [6.45, 7) is 0.0900. The van der Waals surface area contributed by atoms with Crippen molar-refractivity contribution >= 4 is 16.7 Å². The summed E-state index contributed by atoms with van der Waals surface area (Å²) in [5.74, 6) is -5.61. The van der Waals surface area contributed by atoms with E-state index in [1.54, 1.807) is 0 Å². The first-order valence-electron chi connectivity index (χ1n) is 10.1. The zero-order valence-corrected chi connectivity index (χ0v) is 19.0. The van der Waals surface area contributed by atoms with Crippen LogP contribution in [0.2, 0.25) is 0 Å². The first-order chi connectivity index (χ1) is 16.7. The molecule has 2 aromatic heterocycles. The van der Waals surface area contributed by atoms with E-state index < -0.39 is 51.3 Å². The van der Waals surface area contributed by atoms with Crippen molar-refractivity contribution in [2.75, 3.05) is 7.05 Å². The minimum absolute atomic E-state index is 0.0598. The molecule has 1 amide bonds. The Labute approximate surface area is 199 Å². The summed E-state index contributed by atoms with van der Waals surface area (Å²) in [7, 11) is -0.679. The smallest absolute Gasteiger partial charge is 0.272 e. The van der Waals surface area contributed by atoms with E-state index in [2.05, 4.69) is 19.9 Å². The molecule has 4 aromatic rings. The second-order valence-corrected chi connectivity index (χ2v) is 8.81. The van der Waals surface area contributed by atoms with Crippen LogP contribution in [0.3, 0.4) is 0 Å². The van der Waals surface area contributed by atoms with Crippen LogP contribution in [0.15, 0.2) is 60.1 Å². The number of H-pyrrole nitrogens is 1. The van der Waals surface area contributed by atoms with Gasteiger partial charge in [0.25, 0.3) is 5.91 Å². The van der Waals surface area contributed by atoms with E-state index in [0.717, 1.165) is 18.2 Å². The van der Waals surface area contributed by atoms with Crippen LogP contribution in [0.4, 0.5) is 17.6 Å². The number of hydrogen-bond acceptors (Lipinski definition) is 5. The summed E-state index contributed by atoms with van der Waals surface area (Å²) < 4.78 is 68.1. The van der Waals surface area contributed by atoms with Crippen LogP contribution in [0, 0.1) is 23.3 Å². The second-order valence-electron chi connectivity index (χ2n) is 7.44. The highest BCUT2D eigenvalue weighted by molar-refractivity contribution is 7.84. The number of halogens is 4. The van der Waals surface area contributed by atoms with Crippen molar-refractivity contribution < 1.29 is 26.6 Å². The lowest BCUT2D eigenvalue weighted by molar-refractivity contribution is 0.0778. The minimum Gasteiger partial charge on any atom is -0.334 e. The summed E-state index contributed by atoms with van der Waals surface area (Å²) in [5.41, 5.74) is 0.115. The fourth-order valence-corrected chi connectivity index (χ4v) is 4.32. The molecule has 0 aliphatic carbocycles. The predicted molar refractivity (Wildman–Crippen MR) is 118 cm³/mol. The molecule has 12 heteroatoms. The number of hydrogen-bond donors (Lipinski definition) is 1. The molecule has 180 valence electrons. The van der Waals surface area contributed by atoms with E-state index in [1.165, 1.54) is 42.7 Å². The summed E-state index contributed by atoms with van der Waals surface area (Å²) in [6.07, 6.45) is 4.44. The Bertz CT molecular complexity index is 1400. The molecule has 0 saturated carbocycles. The van der Waals surface area contributed by atoms with Crippen LogP contribution in [0.1, 0.15) is 21.7 Å². The molecule has 1 N–H and O–H groups in total. The molecular weight excluding hydrogens is 486 g/mol. The zero-order chi connectivity index (χ0) is 25.1. The standard InChI is InChI=1S/C23H17F4N5O2S/c1-32(11-15-10-28-8-9-29-15)22(33)21-20(13-2-4-14(24)5-3-13)30-23(31-21)35(34)12-16-17(25)6-7-18(26)19(16)27/h2-10H,11-12H2,1H3,(H,30,31). The maximum absolute atomic E-state index is 14.1. The van der Waals surface area contributed by atoms with Gasteiger partial charge in [-0.2, -0.15) is 0 Å². The highest BCUT2D eigenvalue weighted by Gasteiger charge is 2.26. The van der Waals surface area contributed by atoms with Gasteiger partial charge >= 0.3 is 0 Å². The number of benzene rings is 2. The number of aromatic nitrogens is 4. The number of nitrogens with zero attached hydrogens (tertiary/aromatic N) is 4. The van der Waals surface area contributed by atoms with Gasteiger partial charge < -0.3 is 9.88 Å². The number of carbonyl (C=O) groups excluding carboxylic acids is 1. The van der Waals surface area contributed by atoms with E-state index >= 15 is 0 Å². The Kier molecular flexibility index (Phi) is 7.01. The van der Waals surface area contributed by atoms with Gasteiger partial charge in [0.05, 0.1) is 35.0 Å². The third-order valence-electron chi connectivity index (χ3n) is 5.01. The average Bonchev–Trinajstić information content (AvgIpc) is 3.30. The average molecular weight is 503 g/mol. The number of amides is 1. The van der Waals surface area contributed by atoms with Gasteiger partial charge in [-0.05, 0) is 36.4 Å². The first-order valence-corrected chi connectivity index (χ1v) is 11.4. The predicted octanol–water partition coefficient (Wildman–Crippen LogP) is 4.00. The molecule has 2 heterocycles. The number of nitrogens with one attached hydrogen (secondary N) is 1. The highest BCUT2D eigenvalue weighted by Crippen LogP contribution is 2.26. The van der Waals surface area contributed by atoms with Gasteiger partial charge in [0.15, 0.2) is 16.8 Å². The molecular formula is C23H17F4N5O2S. The Morgan fingerprint density at radius 2 is 1.74 bits per heavy atom. The molecule has 2 aromatic carbocycles. The molecule has 0 spiro atoms. The van der Waals surface area contributed by atoms with Crippen molar-refractivity contribution in [3.8, 4) is 11.3 Å². The fourth-order valence-electron chi connectivity index (χ4n) is 3.25. The summed E-state index contributed by atoms with van der Waals surface area (Å²) in [6, 6.07) is 6.44. The van der Waals surface area contributed by atoms with Crippen molar-refractivity contribution in [2.45, 2.75) is 17.5 Å². The Balaban J connectivity index is 1.70. The zero-order valence-electron chi connectivity index (χ0n) is 18.1. The largest absolute Gasteiger partial charge is 0.334 e. The molecule has 0 aliphatic heterocycles. The molecule has 35 heavy (non-hydrogen) atoms. The summed E-state index contributed by atoms with van der Waals surface area (Å²) in [5, 5.41) is -0.261. The van der Waals surface area contributed by atoms with E-state index in [4.69, 9.17) is 0 Å². The minimum atomic E-state index is -2.18. The van der Waals surface area contributed by atoms with Crippen LogP contribution in [-0.4, -0.2) is 42.0 Å². The van der Waals surface area contributed by atoms with Crippen molar-refractivity contribution in [1.29, 1.82) is 0 Å². The molecule has 0 aliphatic rings. The molecule has 4 rings (SSSR count). The number of imidazole rings is 1. The van der Waals surface area contributed by atoms with E-state index in [0.29, 0.717) is 17.3 Å². The molecule has 0 saturated heterocycles. The van der Waals surface area contributed by atoms with Gasteiger partial charge in [-0.1, -0.05) is 0 Å². The van der Waals surface area contributed by atoms with Crippen LogP contribution in [-0.2, 0) is 23.1 Å². The fraction of sp³-hybridized carbons (Fsp3) is 0.130. The van der Waals surface area contributed by atoms with Crippen LogP contribution in [0.25, 0.3) is 11.3 Å². The maximum Gasteiger partial charge on any atom is 0.272 e. The van der Waals surface area contributed by atoms with E-state index in [-0.39, 0.29) is 23.1 Å². The van der Waals surface area contributed by atoms with Crippen molar-refractivity contribution in [3.05, 3.63) is 95.2 Å². The normalized spacial score (nSPS) is 11.9. The van der Waals surface area contributed by atoms with Gasteiger partial charge in [0.2, 0.25) is 0 Å².